The molecule has 4 nitrogen and oxygen atoms in total. The van der Waals surface area contributed by atoms with Crippen LogP contribution in [0.4, 0.5) is 0 Å². The minimum atomic E-state index is -2.56. The van der Waals surface area contributed by atoms with Gasteiger partial charge in [0.1, 0.15) is 5.78 Å². The average Bonchev–Trinajstić information content (AvgIpc) is 2.92. The number of carbonyl (C=O) groups is 1. The van der Waals surface area contributed by atoms with Gasteiger partial charge in [0.05, 0.1) is 0 Å². The van der Waals surface area contributed by atoms with Crippen LogP contribution < -0.4 is 0 Å². The molecule has 0 aromatic heterocycles. The fourth-order valence-electron chi connectivity index (χ4n) is 4.56. The summed E-state index contributed by atoms with van der Waals surface area (Å²) in [7, 11) is 1.49. The molecule has 0 unspecified atom stereocenters. The second kappa shape index (κ2) is 5.89. The molecule has 1 heterocycles. The van der Waals surface area contributed by atoms with E-state index in [1.54, 1.807) is 0 Å². The van der Waals surface area contributed by atoms with Crippen molar-refractivity contribution in [1.82, 2.24) is 9.34 Å². The monoisotopic (exact) mass is 324 g/mol. The molecule has 3 atom stereocenters. The van der Waals surface area contributed by atoms with Crippen LogP contribution in [0.2, 0.25) is 0 Å². The lowest BCUT2D eigenvalue weighted by Crippen LogP contribution is -2.37. The Balaban J connectivity index is 1.71. The van der Waals surface area contributed by atoms with Crippen molar-refractivity contribution in [3.8, 4) is 0 Å². The molecule has 3 fully saturated rings. The lowest BCUT2D eigenvalue weighted by atomic mass is 9.85. The Morgan fingerprint density at radius 1 is 1.23 bits per heavy atom. The van der Waals surface area contributed by atoms with Gasteiger partial charge in [-0.2, -0.15) is 0 Å². The maximum absolute atomic E-state index is 13.5. The van der Waals surface area contributed by atoms with Gasteiger partial charge in [-0.15, -0.1) is 0 Å². The van der Waals surface area contributed by atoms with Crippen LogP contribution in [-0.4, -0.2) is 41.3 Å². The van der Waals surface area contributed by atoms with Crippen molar-refractivity contribution in [3.05, 3.63) is 11.9 Å². The van der Waals surface area contributed by atoms with Crippen LogP contribution in [0, 0.1) is 5.41 Å². The van der Waals surface area contributed by atoms with Gasteiger partial charge in [0.15, 0.2) is 0 Å². The number of hydrogen-bond donors (Lipinski definition) is 0. The van der Waals surface area contributed by atoms with Crippen LogP contribution in [0.5, 0.6) is 0 Å². The molecule has 0 amide bonds. The van der Waals surface area contributed by atoms with Crippen LogP contribution in [0.25, 0.3) is 0 Å². The topological polar surface area (TPSA) is 40.6 Å². The van der Waals surface area contributed by atoms with Crippen molar-refractivity contribution >= 4 is 13.2 Å². The first-order valence-electron chi connectivity index (χ1n) is 8.61. The number of likely N-dealkylation sites (N-methyl/N-ethyl adjacent to an activating group) is 2. The second-order valence-electron chi connectivity index (χ2n) is 7.77. The van der Waals surface area contributed by atoms with Gasteiger partial charge in [0, 0.05) is 30.7 Å². The molecule has 2 saturated carbocycles. The quantitative estimate of drug-likeness (QED) is 0.735. The summed E-state index contributed by atoms with van der Waals surface area (Å²) < 4.78 is 17.8. The van der Waals surface area contributed by atoms with Crippen LogP contribution in [-0.2, 0) is 9.36 Å². The zero-order valence-corrected chi connectivity index (χ0v) is 15.0. The number of allylic oxidation sites excluding steroid dienone is 1. The predicted octanol–water partition coefficient (Wildman–Crippen LogP) is 4.03. The minimum Gasteiger partial charge on any atom is -0.300 e. The number of hydrogen-bond acceptors (Lipinski definition) is 2. The maximum atomic E-state index is 13.5. The highest BCUT2D eigenvalue weighted by Crippen LogP contribution is 2.63. The van der Waals surface area contributed by atoms with Gasteiger partial charge in [0.25, 0.3) is 0 Å². The van der Waals surface area contributed by atoms with Gasteiger partial charge in [-0.05, 0) is 45.2 Å². The molecule has 5 heteroatoms. The van der Waals surface area contributed by atoms with Gasteiger partial charge < -0.3 is 0 Å². The SMILES string of the molecule is CN1[C@@H]2CCCC[C@H]2N(C)P1(=O)/C=C/C[C@]1(C)CCC(=O)C1. The molecule has 0 spiro atoms. The van der Waals surface area contributed by atoms with Crippen LogP contribution >= 0.6 is 7.44 Å². The van der Waals surface area contributed by atoms with Crippen molar-refractivity contribution in [2.24, 2.45) is 5.41 Å². The smallest absolute Gasteiger partial charge is 0.238 e. The summed E-state index contributed by atoms with van der Waals surface area (Å²) in [6.45, 7) is 2.18. The number of nitrogens with zero attached hydrogens (tertiary/aromatic N) is 2. The molecule has 0 N–H and O–H groups in total. The molecule has 3 aliphatic rings. The summed E-state index contributed by atoms with van der Waals surface area (Å²) >= 11 is 0. The van der Waals surface area contributed by atoms with E-state index in [0.717, 1.165) is 25.7 Å². The van der Waals surface area contributed by atoms with Gasteiger partial charge in [0.2, 0.25) is 7.44 Å². The Morgan fingerprint density at radius 2 is 1.82 bits per heavy atom. The summed E-state index contributed by atoms with van der Waals surface area (Å²) in [5.74, 6) is 2.34. The highest BCUT2D eigenvalue weighted by Gasteiger charge is 2.50. The van der Waals surface area contributed by atoms with Gasteiger partial charge >= 0.3 is 0 Å². The number of carbonyl (C=O) groups excluding carboxylic acids is 1. The summed E-state index contributed by atoms with van der Waals surface area (Å²) in [6, 6.07) is 0.885. The Labute approximate surface area is 134 Å². The molecule has 0 aromatic carbocycles. The van der Waals surface area contributed by atoms with Crippen molar-refractivity contribution < 1.29 is 9.36 Å². The maximum Gasteiger partial charge on any atom is 0.238 e. The van der Waals surface area contributed by atoms with E-state index in [9.17, 15) is 9.36 Å². The number of Topliss-reactive ketones (excluding diaryl/α,β-unsaturated/α-hetero) is 1. The molecule has 124 valence electrons. The van der Waals surface area contributed by atoms with E-state index in [1.165, 1.54) is 12.8 Å². The molecular weight excluding hydrogens is 295 g/mol. The standard InChI is InChI=1S/C17H29N2O2P/c1-17(11-9-14(20)13-17)10-6-12-22(21)18(2)15-7-4-5-8-16(15)19(22)3/h6,12,15-16H,4-5,7-11,13H2,1-3H3/b12-6+/t15-,16-,17-/m1/s1. The molecule has 3 rings (SSSR count). The first-order valence-corrected chi connectivity index (χ1v) is 10.3. The third-order valence-electron chi connectivity index (χ3n) is 6.10. The van der Waals surface area contributed by atoms with Gasteiger partial charge in [-0.25, -0.2) is 9.34 Å². The second-order valence-corrected chi connectivity index (χ2v) is 10.5. The molecular formula is C17H29N2O2P. The molecule has 0 aromatic rings. The molecule has 22 heavy (non-hydrogen) atoms. The van der Waals surface area contributed by atoms with Crippen molar-refractivity contribution in [1.29, 1.82) is 0 Å². The highest BCUT2D eigenvalue weighted by atomic mass is 31.2. The predicted molar refractivity (Wildman–Crippen MR) is 89.9 cm³/mol. The molecule has 1 aliphatic heterocycles. The Kier molecular flexibility index (Phi) is 4.39. The fraction of sp³-hybridized carbons (Fsp3) is 0.824. The molecule has 0 radical (unpaired) electrons. The zero-order chi connectivity index (χ0) is 16.0. The Bertz CT molecular complexity index is 511. The molecule has 1 saturated heterocycles. The van der Waals surface area contributed by atoms with E-state index in [0.29, 0.717) is 30.7 Å². The van der Waals surface area contributed by atoms with Crippen LogP contribution in [0.1, 0.15) is 58.3 Å². The molecule has 2 aliphatic carbocycles. The van der Waals surface area contributed by atoms with Crippen LogP contribution in [0.3, 0.4) is 0 Å². The summed E-state index contributed by atoms with van der Waals surface area (Å²) in [5, 5.41) is 0. The minimum absolute atomic E-state index is 0.0797. The Morgan fingerprint density at radius 3 is 2.32 bits per heavy atom. The van der Waals surface area contributed by atoms with Crippen molar-refractivity contribution in [3.63, 3.8) is 0 Å². The third-order valence-corrected chi connectivity index (χ3v) is 9.10. The number of rotatable bonds is 3. The first kappa shape index (κ1) is 16.4. The summed E-state index contributed by atoms with van der Waals surface area (Å²) in [6.07, 6.45) is 10.1. The van der Waals surface area contributed by atoms with E-state index in [-0.39, 0.29) is 5.41 Å². The average molecular weight is 324 g/mol. The first-order chi connectivity index (χ1) is 10.4. The largest absolute Gasteiger partial charge is 0.300 e. The summed E-state index contributed by atoms with van der Waals surface area (Å²) in [4.78, 5) is 11.5. The number of ketones is 1. The summed E-state index contributed by atoms with van der Waals surface area (Å²) in [5.41, 5.74) is 0.0797. The number of fused-ring (bicyclic) bond motifs is 1. The molecule has 0 bridgehead atoms. The third kappa shape index (κ3) is 2.74. The highest BCUT2D eigenvalue weighted by molar-refractivity contribution is 7.62. The van der Waals surface area contributed by atoms with E-state index in [1.807, 2.05) is 19.9 Å². The van der Waals surface area contributed by atoms with E-state index >= 15 is 0 Å². The lowest BCUT2D eigenvalue weighted by molar-refractivity contribution is -0.117. The normalized spacial score (nSPS) is 39.7. The van der Waals surface area contributed by atoms with Gasteiger partial charge in [-0.3, -0.25) is 9.36 Å². The van der Waals surface area contributed by atoms with Crippen LogP contribution in [0.15, 0.2) is 11.9 Å². The van der Waals surface area contributed by atoms with E-state index in [4.69, 9.17) is 0 Å². The fourth-order valence-corrected chi connectivity index (χ4v) is 7.20. The Hall–Kier alpha value is -0.440. The van der Waals surface area contributed by atoms with E-state index < -0.39 is 7.44 Å². The van der Waals surface area contributed by atoms with E-state index in [2.05, 4.69) is 22.3 Å². The van der Waals surface area contributed by atoms with Crippen molar-refractivity contribution in [2.45, 2.75) is 70.4 Å². The lowest BCUT2D eigenvalue weighted by Gasteiger charge is -2.28. The zero-order valence-electron chi connectivity index (χ0n) is 14.1. The van der Waals surface area contributed by atoms with Crippen molar-refractivity contribution in [2.75, 3.05) is 14.1 Å². The van der Waals surface area contributed by atoms with Gasteiger partial charge in [-0.1, -0.05) is 25.8 Å².